The summed E-state index contributed by atoms with van der Waals surface area (Å²) < 4.78 is 5.06. The molecule has 2 rings (SSSR count). The second kappa shape index (κ2) is 8.02. The number of nitrogens with zero attached hydrogens (tertiary/aromatic N) is 1. The number of para-hydroxylation sites is 1. The molecule has 0 radical (unpaired) electrons. The van der Waals surface area contributed by atoms with Crippen LogP contribution in [0.15, 0.2) is 42.5 Å². The molecule has 0 spiro atoms. The van der Waals surface area contributed by atoms with Crippen molar-refractivity contribution in [2.24, 2.45) is 0 Å². The van der Waals surface area contributed by atoms with E-state index in [0.717, 1.165) is 0 Å². The van der Waals surface area contributed by atoms with Crippen LogP contribution >= 0.6 is 0 Å². The van der Waals surface area contributed by atoms with Gasteiger partial charge in [-0.1, -0.05) is 12.1 Å². The molecule has 8 nitrogen and oxygen atoms in total. The number of hydrogen-bond donors (Lipinski definition) is 1. The molecule has 1 amide bonds. The number of Topliss-reactive ketones (excluding diaryl/α,β-unsaturated/α-hetero) is 2. The van der Waals surface area contributed by atoms with Crippen LogP contribution in [0.1, 0.15) is 22.3 Å². The van der Waals surface area contributed by atoms with E-state index < -0.39 is 28.8 Å². The van der Waals surface area contributed by atoms with Crippen molar-refractivity contribution < 1.29 is 24.0 Å². The molecule has 0 heterocycles. The number of hydrogen-bond acceptors (Lipinski definition) is 6. The van der Waals surface area contributed by atoms with Crippen molar-refractivity contribution in [2.75, 3.05) is 12.4 Å². The van der Waals surface area contributed by atoms with Gasteiger partial charge in [-0.3, -0.25) is 24.5 Å². The number of aryl methyl sites for hydroxylation is 1. The van der Waals surface area contributed by atoms with Crippen LogP contribution < -0.4 is 10.1 Å². The summed E-state index contributed by atoms with van der Waals surface area (Å²) in [5, 5.41) is 13.1. The second-order valence-corrected chi connectivity index (χ2v) is 5.43. The fraction of sp³-hybridized carbons (Fsp3) is 0.167. The molecule has 0 aromatic heterocycles. The van der Waals surface area contributed by atoms with E-state index in [1.54, 1.807) is 25.1 Å². The average molecular weight is 356 g/mol. The molecule has 2 aromatic rings. The zero-order valence-electron chi connectivity index (χ0n) is 14.1. The van der Waals surface area contributed by atoms with E-state index >= 15 is 0 Å². The first kappa shape index (κ1) is 18.8. The minimum atomic E-state index is -0.967. The number of carbonyl (C=O) groups is 3. The van der Waals surface area contributed by atoms with Gasteiger partial charge < -0.3 is 10.1 Å². The third kappa shape index (κ3) is 4.29. The Kier molecular flexibility index (Phi) is 5.79. The average Bonchev–Trinajstić information content (AvgIpc) is 2.62. The molecule has 2 aromatic carbocycles. The van der Waals surface area contributed by atoms with Crippen LogP contribution in [-0.2, 0) is 9.59 Å². The summed E-state index contributed by atoms with van der Waals surface area (Å²) in [7, 11) is 1.40. The van der Waals surface area contributed by atoms with Gasteiger partial charge in [0.15, 0.2) is 5.78 Å². The SMILES string of the molecule is COc1ccccc1C(=O)CC(=O)C(=O)Nc1ccc([N+](=O)[O-])cc1C. The largest absolute Gasteiger partial charge is 0.496 e. The molecule has 0 aliphatic carbocycles. The van der Waals surface area contributed by atoms with Gasteiger partial charge in [-0.25, -0.2) is 0 Å². The van der Waals surface area contributed by atoms with Crippen LogP contribution in [0.2, 0.25) is 0 Å². The molecule has 0 atom stereocenters. The number of rotatable bonds is 7. The Morgan fingerprint density at radius 3 is 2.46 bits per heavy atom. The van der Waals surface area contributed by atoms with Crippen LogP contribution in [0.5, 0.6) is 5.75 Å². The fourth-order valence-electron chi connectivity index (χ4n) is 2.29. The summed E-state index contributed by atoms with van der Waals surface area (Å²) in [6.45, 7) is 1.56. The molecular weight excluding hydrogens is 340 g/mol. The monoisotopic (exact) mass is 356 g/mol. The molecule has 0 aliphatic heterocycles. The quantitative estimate of drug-likeness (QED) is 0.268. The van der Waals surface area contributed by atoms with Gasteiger partial charge in [-0.2, -0.15) is 0 Å². The Bertz CT molecular complexity index is 891. The van der Waals surface area contributed by atoms with E-state index in [1.807, 2.05) is 0 Å². The molecule has 0 unspecified atom stereocenters. The van der Waals surface area contributed by atoms with Gasteiger partial charge in [-0.15, -0.1) is 0 Å². The molecule has 0 saturated heterocycles. The first-order valence-electron chi connectivity index (χ1n) is 7.59. The van der Waals surface area contributed by atoms with E-state index in [2.05, 4.69) is 5.32 Å². The molecule has 0 fully saturated rings. The summed E-state index contributed by atoms with van der Waals surface area (Å²) in [5.74, 6) is -2.11. The van der Waals surface area contributed by atoms with Crippen molar-refractivity contribution in [2.45, 2.75) is 13.3 Å². The van der Waals surface area contributed by atoms with Gasteiger partial charge in [0.1, 0.15) is 5.75 Å². The number of amides is 1. The first-order valence-corrected chi connectivity index (χ1v) is 7.59. The maximum Gasteiger partial charge on any atom is 0.292 e. The van der Waals surface area contributed by atoms with Crippen molar-refractivity contribution >= 4 is 28.8 Å². The first-order chi connectivity index (χ1) is 12.3. The Morgan fingerprint density at radius 2 is 1.85 bits per heavy atom. The van der Waals surface area contributed by atoms with E-state index in [1.165, 1.54) is 31.4 Å². The molecule has 1 N–H and O–H groups in total. The molecule has 0 saturated carbocycles. The molecule has 8 heteroatoms. The summed E-state index contributed by atoms with van der Waals surface area (Å²) in [5.41, 5.74) is 0.774. The lowest BCUT2D eigenvalue weighted by atomic mass is 10.0. The predicted molar refractivity (Wildman–Crippen MR) is 93.4 cm³/mol. The van der Waals surface area contributed by atoms with Crippen LogP contribution in [0.3, 0.4) is 0 Å². The van der Waals surface area contributed by atoms with Crippen LogP contribution in [0.4, 0.5) is 11.4 Å². The molecular formula is C18H16N2O6. The number of non-ortho nitro benzene ring substituents is 1. The highest BCUT2D eigenvalue weighted by atomic mass is 16.6. The predicted octanol–water partition coefficient (Wildman–Crippen LogP) is 2.69. The van der Waals surface area contributed by atoms with Gasteiger partial charge in [0.05, 0.1) is 24.0 Å². The van der Waals surface area contributed by atoms with Crippen molar-refractivity contribution in [3.05, 3.63) is 63.7 Å². The number of benzene rings is 2. The van der Waals surface area contributed by atoms with Gasteiger partial charge in [0.25, 0.3) is 11.6 Å². The lowest BCUT2D eigenvalue weighted by molar-refractivity contribution is -0.384. The van der Waals surface area contributed by atoms with Gasteiger partial charge in [0.2, 0.25) is 5.78 Å². The summed E-state index contributed by atoms with van der Waals surface area (Å²) >= 11 is 0. The van der Waals surface area contributed by atoms with E-state index in [9.17, 15) is 24.5 Å². The van der Waals surface area contributed by atoms with Gasteiger partial charge in [-0.05, 0) is 30.7 Å². The Balaban J connectivity index is 2.07. The number of ketones is 2. The lowest BCUT2D eigenvalue weighted by Crippen LogP contribution is -2.25. The normalized spacial score (nSPS) is 10.1. The van der Waals surface area contributed by atoms with Crippen LogP contribution in [0, 0.1) is 17.0 Å². The highest BCUT2D eigenvalue weighted by Crippen LogP contribution is 2.22. The summed E-state index contributed by atoms with van der Waals surface area (Å²) in [6, 6.07) is 10.2. The zero-order chi connectivity index (χ0) is 19.3. The third-order valence-corrected chi connectivity index (χ3v) is 3.65. The Labute approximate surface area is 148 Å². The molecule has 0 bridgehead atoms. The number of anilines is 1. The third-order valence-electron chi connectivity index (χ3n) is 3.65. The van der Waals surface area contributed by atoms with Crippen molar-refractivity contribution in [3.8, 4) is 5.75 Å². The highest BCUT2D eigenvalue weighted by Gasteiger charge is 2.22. The topological polar surface area (TPSA) is 116 Å². The molecule has 26 heavy (non-hydrogen) atoms. The van der Waals surface area contributed by atoms with Crippen molar-refractivity contribution in [3.63, 3.8) is 0 Å². The Morgan fingerprint density at radius 1 is 1.15 bits per heavy atom. The number of nitrogens with one attached hydrogen (secondary N) is 1. The van der Waals surface area contributed by atoms with Crippen molar-refractivity contribution in [1.29, 1.82) is 0 Å². The van der Waals surface area contributed by atoms with Crippen LogP contribution in [0.25, 0.3) is 0 Å². The fourth-order valence-corrected chi connectivity index (χ4v) is 2.29. The van der Waals surface area contributed by atoms with Gasteiger partial charge >= 0.3 is 0 Å². The number of carbonyl (C=O) groups excluding carboxylic acids is 3. The molecule has 0 aliphatic rings. The maximum atomic E-state index is 12.2. The minimum absolute atomic E-state index is 0.127. The number of methoxy groups -OCH3 is 1. The van der Waals surface area contributed by atoms with Crippen molar-refractivity contribution in [1.82, 2.24) is 0 Å². The lowest BCUT2D eigenvalue weighted by Gasteiger charge is -2.08. The minimum Gasteiger partial charge on any atom is -0.496 e. The number of nitro benzene ring substituents is 1. The van der Waals surface area contributed by atoms with Crippen LogP contribution in [-0.4, -0.2) is 29.5 Å². The zero-order valence-corrected chi connectivity index (χ0v) is 14.1. The maximum absolute atomic E-state index is 12.2. The summed E-state index contributed by atoms with van der Waals surface area (Å²) in [4.78, 5) is 46.4. The van der Waals surface area contributed by atoms with Gasteiger partial charge in [0, 0.05) is 17.8 Å². The number of nitro groups is 1. The van der Waals surface area contributed by atoms with E-state index in [0.29, 0.717) is 11.3 Å². The standard InChI is InChI=1S/C18H16N2O6/c1-11-9-12(20(24)25)7-8-14(11)19-18(23)16(22)10-15(21)13-5-3-4-6-17(13)26-2/h3-9H,10H2,1-2H3,(H,19,23). The summed E-state index contributed by atoms with van der Waals surface area (Å²) in [6.07, 6.45) is -0.613. The second-order valence-electron chi connectivity index (χ2n) is 5.43. The Hall–Kier alpha value is -3.55. The van der Waals surface area contributed by atoms with E-state index in [4.69, 9.17) is 4.74 Å². The molecule has 134 valence electrons. The smallest absolute Gasteiger partial charge is 0.292 e. The van der Waals surface area contributed by atoms with E-state index in [-0.39, 0.29) is 16.9 Å². The highest BCUT2D eigenvalue weighted by molar-refractivity contribution is 6.44. The number of ether oxygens (including phenoxy) is 1.